The smallest absolute Gasteiger partial charge is 0.0406 e. The second-order valence-corrected chi connectivity index (χ2v) is 6.30. The first-order chi connectivity index (χ1) is 7.98. The molecule has 17 heavy (non-hydrogen) atoms. The zero-order valence-corrected chi connectivity index (χ0v) is 11.5. The van der Waals surface area contributed by atoms with Gasteiger partial charge in [-0.3, -0.25) is 0 Å². The van der Waals surface area contributed by atoms with Crippen molar-refractivity contribution in [3.8, 4) is 0 Å². The highest BCUT2D eigenvalue weighted by molar-refractivity contribution is 6.30. The van der Waals surface area contributed by atoms with Gasteiger partial charge in [0.1, 0.15) is 0 Å². The Morgan fingerprint density at radius 1 is 1.24 bits per heavy atom. The molecule has 0 amide bonds. The molecule has 0 aliphatic heterocycles. The van der Waals surface area contributed by atoms with Gasteiger partial charge in [0.25, 0.3) is 0 Å². The lowest BCUT2D eigenvalue weighted by molar-refractivity contribution is 0.176. The number of hydrogen-bond donors (Lipinski definition) is 1. The Morgan fingerprint density at radius 3 is 2.47 bits per heavy atom. The quantitative estimate of drug-likeness (QED) is 0.844. The predicted molar refractivity (Wildman–Crippen MR) is 74.3 cm³/mol. The number of hydrogen-bond acceptors (Lipinski definition) is 1. The van der Waals surface area contributed by atoms with Crippen LogP contribution in [0.5, 0.6) is 0 Å². The summed E-state index contributed by atoms with van der Waals surface area (Å²) in [6, 6.07) is 8.10. The van der Waals surface area contributed by atoms with Crippen LogP contribution in [0.25, 0.3) is 0 Å². The van der Waals surface area contributed by atoms with Crippen LogP contribution in [0.1, 0.15) is 38.7 Å². The van der Waals surface area contributed by atoms with Gasteiger partial charge >= 0.3 is 0 Å². The Bertz CT molecular complexity index is 373. The van der Waals surface area contributed by atoms with Gasteiger partial charge < -0.3 is 5.73 Å². The second kappa shape index (κ2) is 4.99. The maximum atomic E-state index is 6.55. The summed E-state index contributed by atoms with van der Waals surface area (Å²) in [5, 5.41) is 0.797. The highest BCUT2D eigenvalue weighted by Crippen LogP contribution is 2.36. The molecule has 94 valence electrons. The van der Waals surface area contributed by atoms with Gasteiger partial charge in [0.15, 0.2) is 0 Å². The lowest BCUT2D eigenvalue weighted by Crippen LogP contribution is -2.47. The van der Waals surface area contributed by atoms with Crippen molar-refractivity contribution in [2.75, 3.05) is 0 Å². The summed E-state index contributed by atoms with van der Waals surface area (Å²) in [5.41, 5.74) is 7.84. The lowest BCUT2D eigenvalue weighted by atomic mass is 9.69. The summed E-state index contributed by atoms with van der Waals surface area (Å²) in [7, 11) is 0. The van der Waals surface area contributed by atoms with Crippen molar-refractivity contribution in [3.05, 3.63) is 34.9 Å². The SMILES string of the molecule is CC1CCC(N)(Cc2ccc(Cl)cc2)CC1C. The zero-order valence-electron chi connectivity index (χ0n) is 10.7. The molecular weight excluding hydrogens is 230 g/mol. The Labute approximate surface area is 109 Å². The number of nitrogens with two attached hydrogens (primary N) is 1. The second-order valence-electron chi connectivity index (χ2n) is 5.86. The minimum atomic E-state index is -0.0141. The largest absolute Gasteiger partial charge is 0.325 e. The summed E-state index contributed by atoms with van der Waals surface area (Å²) < 4.78 is 0. The van der Waals surface area contributed by atoms with Crippen LogP contribution < -0.4 is 5.73 Å². The lowest BCUT2D eigenvalue weighted by Gasteiger charge is -2.40. The predicted octanol–water partition coefficient (Wildman–Crippen LogP) is 4.04. The Kier molecular flexibility index (Phi) is 3.79. The van der Waals surface area contributed by atoms with Crippen LogP contribution in [0.3, 0.4) is 0 Å². The molecule has 3 atom stereocenters. The van der Waals surface area contributed by atoms with Crippen LogP contribution in [0.15, 0.2) is 24.3 Å². The highest BCUT2D eigenvalue weighted by Gasteiger charge is 2.34. The molecule has 1 saturated carbocycles. The average Bonchev–Trinajstić information content (AvgIpc) is 2.28. The molecule has 0 radical (unpaired) electrons. The average molecular weight is 252 g/mol. The van der Waals surface area contributed by atoms with Gasteiger partial charge in [-0.1, -0.05) is 37.6 Å². The molecule has 0 heterocycles. The topological polar surface area (TPSA) is 26.0 Å². The van der Waals surface area contributed by atoms with Crippen LogP contribution in [0.4, 0.5) is 0 Å². The fraction of sp³-hybridized carbons (Fsp3) is 0.600. The zero-order chi connectivity index (χ0) is 12.5. The fourth-order valence-electron chi connectivity index (χ4n) is 2.91. The van der Waals surface area contributed by atoms with Crippen LogP contribution in [0, 0.1) is 11.8 Å². The monoisotopic (exact) mass is 251 g/mol. The Hall–Kier alpha value is -0.530. The molecule has 1 nitrogen and oxygen atoms in total. The molecule has 1 aromatic carbocycles. The summed E-state index contributed by atoms with van der Waals surface area (Å²) in [6.45, 7) is 4.67. The van der Waals surface area contributed by atoms with E-state index in [2.05, 4.69) is 26.0 Å². The summed E-state index contributed by atoms with van der Waals surface area (Å²) in [4.78, 5) is 0. The first-order valence-electron chi connectivity index (χ1n) is 6.52. The molecule has 1 aliphatic carbocycles. The van der Waals surface area contributed by atoms with E-state index in [4.69, 9.17) is 17.3 Å². The van der Waals surface area contributed by atoms with Gasteiger partial charge in [-0.2, -0.15) is 0 Å². The molecule has 2 rings (SSSR count). The van der Waals surface area contributed by atoms with Gasteiger partial charge in [0.2, 0.25) is 0 Å². The van der Waals surface area contributed by atoms with E-state index in [1.54, 1.807) is 0 Å². The van der Waals surface area contributed by atoms with Gasteiger partial charge in [0.05, 0.1) is 0 Å². The third kappa shape index (κ3) is 3.23. The molecular formula is C15H22ClN. The van der Waals surface area contributed by atoms with E-state index < -0.39 is 0 Å². The molecule has 2 heteroatoms. The van der Waals surface area contributed by atoms with Crippen molar-refractivity contribution in [2.45, 2.75) is 45.1 Å². The van der Waals surface area contributed by atoms with E-state index in [1.807, 2.05) is 12.1 Å². The Balaban J connectivity index is 2.05. The summed E-state index contributed by atoms with van der Waals surface area (Å²) >= 11 is 5.90. The standard InChI is InChI=1S/C15H22ClN/c1-11-7-8-15(17,9-12(11)2)10-13-3-5-14(16)6-4-13/h3-6,11-12H,7-10,17H2,1-2H3. The van der Waals surface area contributed by atoms with Crippen LogP contribution in [-0.4, -0.2) is 5.54 Å². The maximum Gasteiger partial charge on any atom is 0.0406 e. The van der Waals surface area contributed by atoms with Gasteiger partial charge in [-0.05, 0) is 55.2 Å². The summed E-state index contributed by atoms with van der Waals surface area (Å²) in [5.74, 6) is 1.55. The molecule has 1 fully saturated rings. The number of benzene rings is 1. The first kappa shape index (κ1) is 12.9. The van der Waals surface area contributed by atoms with E-state index in [0.29, 0.717) is 0 Å². The number of rotatable bonds is 2. The highest BCUT2D eigenvalue weighted by atomic mass is 35.5. The third-order valence-corrected chi connectivity index (χ3v) is 4.52. The molecule has 0 aromatic heterocycles. The molecule has 0 bridgehead atoms. The molecule has 3 unspecified atom stereocenters. The van der Waals surface area contributed by atoms with E-state index in [1.165, 1.54) is 12.0 Å². The van der Waals surface area contributed by atoms with E-state index in [9.17, 15) is 0 Å². The van der Waals surface area contributed by atoms with Gasteiger partial charge in [-0.15, -0.1) is 0 Å². The normalized spacial score (nSPS) is 33.6. The van der Waals surface area contributed by atoms with Crippen molar-refractivity contribution in [2.24, 2.45) is 17.6 Å². The minimum Gasteiger partial charge on any atom is -0.325 e. The fourth-order valence-corrected chi connectivity index (χ4v) is 3.04. The first-order valence-corrected chi connectivity index (χ1v) is 6.90. The van der Waals surface area contributed by atoms with E-state index in [0.717, 1.165) is 36.1 Å². The molecule has 1 aliphatic rings. The molecule has 1 aromatic rings. The maximum absolute atomic E-state index is 6.55. The molecule has 2 N–H and O–H groups in total. The van der Waals surface area contributed by atoms with Crippen LogP contribution in [-0.2, 0) is 6.42 Å². The molecule has 0 saturated heterocycles. The van der Waals surface area contributed by atoms with E-state index in [-0.39, 0.29) is 5.54 Å². The molecule has 0 spiro atoms. The van der Waals surface area contributed by atoms with Crippen molar-refractivity contribution in [1.82, 2.24) is 0 Å². The number of halogens is 1. The van der Waals surface area contributed by atoms with Gasteiger partial charge in [0, 0.05) is 10.6 Å². The third-order valence-electron chi connectivity index (χ3n) is 4.27. The minimum absolute atomic E-state index is 0.0141. The Morgan fingerprint density at radius 2 is 1.88 bits per heavy atom. The van der Waals surface area contributed by atoms with Crippen LogP contribution in [0.2, 0.25) is 5.02 Å². The van der Waals surface area contributed by atoms with Crippen molar-refractivity contribution in [3.63, 3.8) is 0 Å². The van der Waals surface area contributed by atoms with E-state index >= 15 is 0 Å². The van der Waals surface area contributed by atoms with Crippen molar-refractivity contribution in [1.29, 1.82) is 0 Å². The van der Waals surface area contributed by atoms with Crippen molar-refractivity contribution >= 4 is 11.6 Å². The van der Waals surface area contributed by atoms with Crippen molar-refractivity contribution < 1.29 is 0 Å². The summed E-state index contributed by atoms with van der Waals surface area (Å²) in [6.07, 6.45) is 4.50. The van der Waals surface area contributed by atoms with Gasteiger partial charge in [-0.25, -0.2) is 0 Å². The van der Waals surface area contributed by atoms with Crippen LogP contribution >= 0.6 is 11.6 Å².